The number of ether oxygens (including phenoxy) is 2. The first kappa shape index (κ1) is 53.9. The average Bonchev–Trinajstić information content (AvgIpc) is 3.21. The molecule has 0 aliphatic carbocycles. The fourth-order valence-corrected chi connectivity index (χ4v) is 7.92. The predicted octanol–water partition coefficient (Wildman–Crippen LogP) is 10.5. The third-order valence-corrected chi connectivity index (χ3v) is 11.9. The minimum Gasteiger partial charge on any atom is -0.394 e. The summed E-state index contributed by atoms with van der Waals surface area (Å²) < 4.78 is 11.2. The van der Waals surface area contributed by atoms with E-state index in [0.29, 0.717) is 6.42 Å². The van der Waals surface area contributed by atoms with Crippen LogP contribution in [0.2, 0.25) is 0 Å². The summed E-state index contributed by atoms with van der Waals surface area (Å²) in [5.74, 6) is -0.174. The molecule has 0 radical (unpaired) electrons. The van der Waals surface area contributed by atoms with Crippen LogP contribution in [-0.4, -0.2) is 87.5 Å². The summed E-state index contributed by atoms with van der Waals surface area (Å²) in [6.07, 6.45) is 38.4. The third kappa shape index (κ3) is 29.7. The summed E-state index contributed by atoms with van der Waals surface area (Å²) in [7, 11) is 0. The van der Waals surface area contributed by atoms with E-state index in [1.54, 1.807) is 6.08 Å². The molecule has 0 aromatic rings. The van der Waals surface area contributed by atoms with Crippen molar-refractivity contribution in [3.05, 3.63) is 12.2 Å². The zero-order chi connectivity index (χ0) is 41.6. The molecule has 1 heterocycles. The zero-order valence-electron chi connectivity index (χ0n) is 37.1. The van der Waals surface area contributed by atoms with E-state index in [9.17, 15) is 30.3 Å². The maximum Gasteiger partial charge on any atom is 0.220 e. The van der Waals surface area contributed by atoms with E-state index in [1.807, 2.05) is 6.08 Å². The Morgan fingerprint density at radius 3 is 1.37 bits per heavy atom. The van der Waals surface area contributed by atoms with Gasteiger partial charge in [0.2, 0.25) is 5.91 Å². The molecule has 0 saturated carbocycles. The number of carbonyl (C=O) groups excluding carboxylic acids is 1. The maximum atomic E-state index is 13.0. The van der Waals surface area contributed by atoms with Crippen LogP contribution in [0.5, 0.6) is 0 Å². The molecule has 1 amide bonds. The molecule has 1 aliphatic rings. The molecule has 9 nitrogen and oxygen atoms in total. The van der Waals surface area contributed by atoms with Crippen LogP contribution in [0.4, 0.5) is 0 Å². The van der Waals surface area contributed by atoms with Gasteiger partial charge in [0, 0.05) is 6.42 Å². The molecule has 2 unspecified atom stereocenters. The van der Waals surface area contributed by atoms with Crippen LogP contribution in [0.15, 0.2) is 12.2 Å². The topological polar surface area (TPSA) is 149 Å². The van der Waals surface area contributed by atoms with Crippen molar-refractivity contribution >= 4 is 5.91 Å². The number of allylic oxidation sites excluding steroid dienone is 1. The summed E-state index contributed by atoms with van der Waals surface area (Å²) in [5.41, 5.74) is 0. The van der Waals surface area contributed by atoms with Gasteiger partial charge in [0.15, 0.2) is 6.29 Å². The Bertz CT molecular complexity index is 904. The lowest BCUT2D eigenvalue weighted by atomic mass is 9.99. The number of aliphatic hydroxyl groups excluding tert-OH is 5. The van der Waals surface area contributed by atoms with E-state index in [2.05, 4.69) is 19.2 Å². The van der Waals surface area contributed by atoms with Gasteiger partial charge in [0.1, 0.15) is 24.4 Å². The Morgan fingerprint density at radius 2 is 0.965 bits per heavy atom. The molecule has 1 aliphatic heterocycles. The summed E-state index contributed by atoms with van der Waals surface area (Å²) in [6.45, 7) is 3.78. The molecular weight excluding hydrogens is 719 g/mol. The van der Waals surface area contributed by atoms with Crippen LogP contribution in [0.1, 0.15) is 232 Å². The first-order valence-corrected chi connectivity index (χ1v) is 24.4. The molecule has 0 bridgehead atoms. The average molecular weight is 812 g/mol. The van der Waals surface area contributed by atoms with Gasteiger partial charge in [-0.1, -0.05) is 219 Å². The quantitative estimate of drug-likeness (QED) is 0.0264. The van der Waals surface area contributed by atoms with Gasteiger partial charge in [-0.15, -0.1) is 0 Å². The van der Waals surface area contributed by atoms with Crippen molar-refractivity contribution in [3.8, 4) is 0 Å². The molecule has 57 heavy (non-hydrogen) atoms. The molecule has 9 heteroatoms. The van der Waals surface area contributed by atoms with Crippen LogP contribution in [0, 0.1) is 0 Å². The molecule has 1 rings (SSSR count). The lowest BCUT2D eigenvalue weighted by Gasteiger charge is -2.40. The first-order valence-electron chi connectivity index (χ1n) is 24.4. The van der Waals surface area contributed by atoms with Gasteiger partial charge in [-0.05, 0) is 19.3 Å². The van der Waals surface area contributed by atoms with Crippen molar-refractivity contribution in [3.63, 3.8) is 0 Å². The largest absolute Gasteiger partial charge is 0.394 e. The lowest BCUT2D eigenvalue weighted by molar-refractivity contribution is -0.302. The Balaban J connectivity index is 2.23. The highest BCUT2D eigenvalue weighted by Crippen LogP contribution is 2.23. The molecule has 0 spiro atoms. The second kappa shape index (κ2) is 39.1. The van der Waals surface area contributed by atoms with Crippen molar-refractivity contribution in [1.82, 2.24) is 5.32 Å². The van der Waals surface area contributed by atoms with E-state index in [-0.39, 0.29) is 12.5 Å². The minimum atomic E-state index is -1.56. The summed E-state index contributed by atoms with van der Waals surface area (Å²) in [6, 6.07) is -0.797. The van der Waals surface area contributed by atoms with Gasteiger partial charge in [-0.2, -0.15) is 0 Å². The summed E-state index contributed by atoms with van der Waals surface area (Å²) in [5, 5.41) is 54.1. The zero-order valence-corrected chi connectivity index (χ0v) is 37.1. The Hall–Kier alpha value is -1.07. The maximum absolute atomic E-state index is 13.0. The number of hydrogen-bond acceptors (Lipinski definition) is 8. The Kier molecular flexibility index (Phi) is 37.0. The monoisotopic (exact) mass is 812 g/mol. The molecular formula is C48H93NO8. The number of carbonyl (C=O) groups is 1. The van der Waals surface area contributed by atoms with E-state index >= 15 is 0 Å². The Morgan fingerprint density at radius 1 is 0.579 bits per heavy atom. The Labute approximate surface area is 350 Å². The lowest BCUT2D eigenvalue weighted by Crippen LogP contribution is -2.60. The van der Waals surface area contributed by atoms with Gasteiger partial charge in [0.05, 0.1) is 25.4 Å². The first-order chi connectivity index (χ1) is 27.8. The summed E-state index contributed by atoms with van der Waals surface area (Å²) >= 11 is 0. The van der Waals surface area contributed by atoms with Crippen molar-refractivity contribution in [2.24, 2.45) is 0 Å². The number of nitrogens with one attached hydrogen (secondary N) is 1. The fourth-order valence-electron chi connectivity index (χ4n) is 7.92. The van der Waals surface area contributed by atoms with Gasteiger partial charge in [0.25, 0.3) is 0 Å². The minimum absolute atomic E-state index is 0.174. The van der Waals surface area contributed by atoms with Crippen molar-refractivity contribution in [2.45, 2.75) is 275 Å². The normalized spacial score (nSPS) is 21.0. The standard InChI is InChI=1S/C48H93NO8/c1-3-5-7-9-11-13-15-16-17-18-19-20-21-22-23-24-25-26-28-30-32-34-36-38-44(52)49-41(40-56-48-47(55)46(54)45(53)43(39-50)57-48)42(51)37-35-33-31-29-27-14-12-10-8-6-4-2/h35,37,41-43,45-48,50-51,53-55H,3-34,36,38-40H2,1-2H3,(H,49,52)/b37-35+/t41-,42+,43+,45-,46?,47?,48+/m0/s1. The van der Waals surface area contributed by atoms with Crippen LogP contribution in [-0.2, 0) is 14.3 Å². The number of rotatable bonds is 41. The predicted molar refractivity (Wildman–Crippen MR) is 235 cm³/mol. The SMILES string of the molecule is CCCCCCCCCCC/C=C/[C@@H](O)[C@H](CO[C@@H]1O[C@H](CO)[C@H](O)C(O)C1O)NC(=O)CCCCCCCCCCCCCCCCCCCCCCCCC. The molecule has 0 aromatic heterocycles. The van der Waals surface area contributed by atoms with E-state index < -0.39 is 49.5 Å². The molecule has 338 valence electrons. The van der Waals surface area contributed by atoms with Crippen LogP contribution < -0.4 is 5.32 Å². The van der Waals surface area contributed by atoms with Crippen LogP contribution >= 0.6 is 0 Å². The van der Waals surface area contributed by atoms with E-state index in [4.69, 9.17) is 9.47 Å². The number of amides is 1. The number of aliphatic hydroxyl groups is 5. The summed E-state index contributed by atoms with van der Waals surface area (Å²) in [4.78, 5) is 13.0. The molecule has 1 saturated heterocycles. The highest BCUT2D eigenvalue weighted by atomic mass is 16.7. The molecule has 0 aromatic carbocycles. The van der Waals surface area contributed by atoms with Gasteiger partial charge in [-0.3, -0.25) is 4.79 Å². The number of hydrogen-bond donors (Lipinski definition) is 6. The van der Waals surface area contributed by atoms with Crippen molar-refractivity contribution in [1.29, 1.82) is 0 Å². The van der Waals surface area contributed by atoms with Gasteiger partial charge < -0.3 is 40.3 Å². The van der Waals surface area contributed by atoms with Crippen LogP contribution in [0.25, 0.3) is 0 Å². The highest BCUT2D eigenvalue weighted by Gasteiger charge is 2.44. The van der Waals surface area contributed by atoms with E-state index in [1.165, 1.54) is 173 Å². The van der Waals surface area contributed by atoms with Crippen molar-refractivity contribution in [2.75, 3.05) is 13.2 Å². The second-order valence-electron chi connectivity index (χ2n) is 17.3. The van der Waals surface area contributed by atoms with Gasteiger partial charge in [-0.25, -0.2) is 0 Å². The van der Waals surface area contributed by atoms with Crippen molar-refractivity contribution < 1.29 is 39.8 Å². The molecule has 7 atom stereocenters. The highest BCUT2D eigenvalue weighted by molar-refractivity contribution is 5.76. The molecule has 1 fully saturated rings. The third-order valence-electron chi connectivity index (χ3n) is 11.9. The molecule has 6 N–H and O–H groups in total. The van der Waals surface area contributed by atoms with Gasteiger partial charge >= 0.3 is 0 Å². The van der Waals surface area contributed by atoms with E-state index in [0.717, 1.165) is 38.5 Å². The smallest absolute Gasteiger partial charge is 0.220 e. The van der Waals surface area contributed by atoms with Crippen LogP contribution in [0.3, 0.4) is 0 Å². The second-order valence-corrected chi connectivity index (χ2v) is 17.3. The number of unbranched alkanes of at least 4 members (excludes halogenated alkanes) is 31. The fraction of sp³-hybridized carbons (Fsp3) is 0.938.